The summed E-state index contributed by atoms with van der Waals surface area (Å²) in [4.78, 5) is 12.1. The van der Waals surface area contributed by atoms with E-state index in [1.54, 1.807) is 6.20 Å². The van der Waals surface area contributed by atoms with Crippen LogP contribution in [0.15, 0.2) is 36.7 Å². The van der Waals surface area contributed by atoms with Crippen LogP contribution in [0.4, 0.5) is 0 Å². The van der Waals surface area contributed by atoms with E-state index in [2.05, 4.69) is 16.0 Å². The normalized spacial score (nSPS) is 22.8. The molecule has 4 heteroatoms. The maximum absolute atomic E-state index is 6.19. The minimum absolute atomic E-state index is 0.474. The molecule has 1 aliphatic heterocycles. The Kier molecular flexibility index (Phi) is 4.81. The lowest BCUT2D eigenvalue weighted by atomic mass is 9.90. The first-order valence-electron chi connectivity index (χ1n) is 9.12. The molecule has 2 aromatic rings. The molecule has 126 valence electrons. The maximum Gasteiger partial charge on any atom is 0.0921 e. The molecule has 2 fully saturated rings. The minimum atomic E-state index is 0.474. The number of halogens is 1. The fraction of sp³-hybridized carbons (Fsp3) is 0.500. The number of hydrogen-bond acceptors (Lipinski definition) is 3. The predicted molar refractivity (Wildman–Crippen MR) is 98.3 cm³/mol. The van der Waals surface area contributed by atoms with Crippen LogP contribution in [0.1, 0.15) is 50.1 Å². The summed E-state index contributed by atoms with van der Waals surface area (Å²) in [6.45, 7) is 2.37. The zero-order valence-electron chi connectivity index (χ0n) is 14.0. The predicted octanol–water partition coefficient (Wildman–Crippen LogP) is 4.92. The highest BCUT2D eigenvalue weighted by Crippen LogP contribution is 2.35. The van der Waals surface area contributed by atoms with E-state index in [0.29, 0.717) is 5.92 Å². The van der Waals surface area contributed by atoms with Crippen LogP contribution in [0.3, 0.4) is 0 Å². The maximum atomic E-state index is 6.19. The molecule has 2 aliphatic rings. The molecular formula is C20H24ClN3. The van der Waals surface area contributed by atoms with Gasteiger partial charge in [-0.25, -0.2) is 0 Å². The Morgan fingerprint density at radius 3 is 2.67 bits per heavy atom. The zero-order chi connectivity index (χ0) is 16.4. The second-order valence-electron chi connectivity index (χ2n) is 7.07. The smallest absolute Gasteiger partial charge is 0.0921 e. The SMILES string of the molecule is Clc1cccc(-c2nccnc2[C@@H]2CCCN(C3CCCC3)C2)c1. The van der Waals surface area contributed by atoms with Crippen molar-refractivity contribution < 1.29 is 0 Å². The Bertz CT molecular complexity index is 697. The topological polar surface area (TPSA) is 29.0 Å². The average molecular weight is 342 g/mol. The van der Waals surface area contributed by atoms with Gasteiger partial charge in [0, 0.05) is 41.5 Å². The second kappa shape index (κ2) is 7.20. The van der Waals surface area contributed by atoms with Gasteiger partial charge in [-0.05, 0) is 44.4 Å². The van der Waals surface area contributed by atoms with Crippen LogP contribution in [-0.4, -0.2) is 34.0 Å². The summed E-state index contributed by atoms with van der Waals surface area (Å²) in [6, 6.07) is 8.76. The molecule has 1 saturated heterocycles. The molecule has 0 radical (unpaired) electrons. The first kappa shape index (κ1) is 16.0. The number of piperidine rings is 1. The fourth-order valence-electron chi connectivity index (χ4n) is 4.34. The van der Waals surface area contributed by atoms with E-state index in [1.165, 1.54) is 45.1 Å². The van der Waals surface area contributed by atoms with E-state index in [4.69, 9.17) is 16.6 Å². The summed E-state index contributed by atoms with van der Waals surface area (Å²) in [5.41, 5.74) is 3.21. The van der Waals surface area contributed by atoms with Crippen molar-refractivity contribution in [3.63, 3.8) is 0 Å². The third-order valence-electron chi connectivity index (χ3n) is 5.51. The number of nitrogens with zero attached hydrogens (tertiary/aromatic N) is 3. The summed E-state index contributed by atoms with van der Waals surface area (Å²) in [5, 5.41) is 0.750. The molecule has 24 heavy (non-hydrogen) atoms. The Balaban J connectivity index is 1.61. The number of benzene rings is 1. The van der Waals surface area contributed by atoms with Crippen molar-refractivity contribution in [3.8, 4) is 11.3 Å². The van der Waals surface area contributed by atoms with Gasteiger partial charge in [0.15, 0.2) is 0 Å². The number of aromatic nitrogens is 2. The van der Waals surface area contributed by atoms with Gasteiger partial charge in [0.05, 0.1) is 11.4 Å². The molecule has 0 amide bonds. The molecule has 1 aromatic heterocycles. The standard InChI is InChI=1S/C20H24ClN3/c21-17-7-3-5-15(13-17)19-20(23-11-10-22-19)16-6-4-12-24(14-16)18-8-1-2-9-18/h3,5,7,10-11,13,16,18H,1-2,4,6,8-9,12,14H2/t16-/m1/s1. The number of rotatable bonds is 3. The summed E-state index contributed by atoms with van der Waals surface area (Å²) >= 11 is 6.19. The van der Waals surface area contributed by atoms with Crippen LogP contribution in [0.5, 0.6) is 0 Å². The molecule has 2 heterocycles. The molecule has 4 rings (SSSR count). The number of likely N-dealkylation sites (tertiary alicyclic amines) is 1. The highest BCUT2D eigenvalue weighted by Gasteiger charge is 2.30. The highest BCUT2D eigenvalue weighted by molar-refractivity contribution is 6.30. The van der Waals surface area contributed by atoms with Crippen molar-refractivity contribution in [3.05, 3.63) is 47.4 Å². The van der Waals surface area contributed by atoms with Gasteiger partial charge in [-0.15, -0.1) is 0 Å². The molecule has 1 aliphatic carbocycles. The summed E-state index contributed by atoms with van der Waals surface area (Å²) < 4.78 is 0. The molecule has 0 N–H and O–H groups in total. The van der Waals surface area contributed by atoms with Crippen LogP contribution in [-0.2, 0) is 0 Å². The van der Waals surface area contributed by atoms with Gasteiger partial charge in [0.25, 0.3) is 0 Å². The van der Waals surface area contributed by atoms with Crippen LogP contribution < -0.4 is 0 Å². The Morgan fingerprint density at radius 2 is 1.83 bits per heavy atom. The van der Waals surface area contributed by atoms with Gasteiger partial charge in [0.2, 0.25) is 0 Å². The van der Waals surface area contributed by atoms with Crippen LogP contribution in [0.2, 0.25) is 5.02 Å². The largest absolute Gasteiger partial charge is 0.300 e. The van der Waals surface area contributed by atoms with Crippen molar-refractivity contribution in [2.75, 3.05) is 13.1 Å². The number of hydrogen-bond donors (Lipinski definition) is 0. The van der Waals surface area contributed by atoms with E-state index in [-0.39, 0.29) is 0 Å². The lowest BCUT2D eigenvalue weighted by molar-refractivity contribution is 0.149. The molecule has 1 aromatic carbocycles. The first-order valence-corrected chi connectivity index (χ1v) is 9.50. The van der Waals surface area contributed by atoms with Crippen molar-refractivity contribution in [1.82, 2.24) is 14.9 Å². The molecule has 1 saturated carbocycles. The molecule has 0 bridgehead atoms. The van der Waals surface area contributed by atoms with Gasteiger partial charge in [-0.2, -0.15) is 0 Å². The van der Waals surface area contributed by atoms with E-state index in [0.717, 1.165) is 34.6 Å². The Hall–Kier alpha value is -1.45. The lowest BCUT2D eigenvalue weighted by Gasteiger charge is -2.37. The van der Waals surface area contributed by atoms with Gasteiger partial charge >= 0.3 is 0 Å². The monoisotopic (exact) mass is 341 g/mol. The summed E-state index contributed by atoms with van der Waals surface area (Å²) in [5.74, 6) is 0.474. The third-order valence-corrected chi connectivity index (χ3v) is 5.74. The Labute approximate surface area is 149 Å². The van der Waals surface area contributed by atoms with Crippen LogP contribution >= 0.6 is 11.6 Å². The summed E-state index contributed by atoms with van der Waals surface area (Å²) in [6.07, 6.45) is 11.6. The minimum Gasteiger partial charge on any atom is -0.300 e. The highest BCUT2D eigenvalue weighted by atomic mass is 35.5. The van der Waals surface area contributed by atoms with Gasteiger partial charge < -0.3 is 0 Å². The summed E-state index contributed by atoms with van der Waals surface area (Å²) in [7, 11) is 0. The molecule has 0 unspecified atom stereocenters. The zero-order valence-corrected chi connectivity index (χ0v) is 14.8. The van der Waals surface area contributed by atoms with E-state index in [9.17, 15) is 0 Å². The first-order chi connectivity index (χ1) is 11.8. The molecule has 3 nitrogen and oxygen atoms in total. The van der Waals surface area contributed by atoms with Gasteiger partial charge in [-0.1, -0.05) is 36.6 Å². The van der Waals surface area contributed by atoms with Gasteiger partial charge in [-0.3, -0.25) is 14.9 Å². The van der Waals surface area contributed by atoms with Crippen molar-refractivity contribution in [2.24, 2.45) is 0 Å². The van der Waals surface area contributed by atoms with Crippen LogP contribution in [0.25, 0.3) is 11.3 Å². The second-order valence-corrected chi connectivity index (χ2v) is 7.51. The molecular weight excluding hydrogens is 318 g/mol. The quantitative estimate of drug-likeness (QED) is 0.793. The van der Waals surface area contributed by atoms with E-state index < -0.39 is 0 Å². The Morgan fingerprint density at radius 1 is 1.00 bits per heavy atom. The van der Waals surface area contributed by atoms with Crippen LogP contribution in [0, 0.1) is 0 Å². The average Bonchev–Trinajstić information content (AvgIpc) is 3.17. The fourth-order valence-corrected chi connectivity index (χ4v) is 4.53. The molecule has 0 spiro atoms. The van der Waals surface area contributed by atoms with E-state index in [1.807, 2.05) is 24.4 Å². The van der Waals surface area contributed by atoms with Crippen molar-refractivity contribution in [2.45, 2.75) is 50.5 Å². The van der Waals surface area contributed by atoms with E-state index >= 15 is 0 Å². The van der Waals surface area contributed by atoms with Gasteiger partial charge in [0.1, 0.15) is 0 Å². The lowest BCUT2D eigenvalue weighted by Crippen LogP contribution is -2.41. The van der Waals surface area contributed by atoms with Crippen molar-refractivity contribution in [1.29, 1.82) is 0 Å². The molecule has 1 atom stereocenters. The van der Waals surface area contributed by atoms with Crippen molar-refractivity contribution >= 4 is 11.6 Å². The third kappa shape index (κ3) is 3.33.